The summed E-state index contributed by atoms with van der Waals surface area (Å²) in [6.07, 6.45) is -10.2. The van der Waals surface area contributed by atoms with Gasteiger partial charge in [-0.15, -0.1) is 0 Å². The van der Waals surface area contributed by atoms with Crippen molar-refractivity contribution < 1.29 is 44.7 Å². The van der Waals surface area contributed by atoms with E-state index in [0.717, 1.165) is 31.4 Å². The number of halogens is 8. The van der Waals surface area contributed by atoms with E-state index in [9.17, 15) is 39.9 Å². The molecule has 0 bridgehead atoms. The van der Waals surface area contributed by atoms with Gasteiger partial charge in [-0.3, -0.25) is 0 Å². The van der Waals surface area contributed by atoms with E-state index >= 15 is 0 Å². The molecule has 3 aromatic rings. The van der Waals surface area contributed by atoms with E-state index in [-0.39, 0.29) is 23.8 Å². The molecule has 12 heteroatoms. The van der Waals surface area contributed by atoms with Gasteiger partial charge < -0.3 is 15.4 Å². The number of methoxy groups -OCH3 is 1. The quantitative estimate of drug-likeness (QED) is 0.323. The van der Waals surface area contributed by atoms with Crippen molar-refractivity contribution in [3.63, 3.8) is 0 Å². The first-order valence-corrected chi connectivity index (χ1v) is 11.1. The highest BCUT2D eigenvalue weighted by atomic mass is 19.4. The fourth-order valence-corrected chi connectivity index (χ4v) is 3.89. The zero-order valence-corrected chi connectivity index (χ0v) is 20.0. The third kappa shape index (κ3) is 6.53. The van der Waals surface area contributed by atoms with Crippen LogP contribution in [0.1, 0.15) is 29.2 Å². The lowest BCUT2D eigenvalue weighted by Gasteiger charge is -2.37. The van der Waals surface area contributed by atoms with Crippen molar-refractivity contribution in [3.8, 4) is 5.75 Å². The molecule has 38 heavy (non-hydrogen) atoms. The molecule has 0 fully saturated rings. The minimum atomic E-state index is -5.00. The van der Waals surface area contributed by atoms with Crippen molar-refractivity contribution in [1.29, 1.82) is 0 Å². The van der Waals surface area contributed by atoms with Gasteiger partial charge in [0.2, 0.25) is 0 Å². The molecule has 4 nitrogen and oxygen atoms in total. The Morgan fingerprint density at radius 2 is 1.50 bits per heavy atom. The van der Waals surface area contributed by atoms with Crippen molar-refractivity contribution in [3.05, 3.63) is 101 Å². The van der Waals surface area contributed by atoms with Gasteiger partial charge in [0.25, 0.3) is 0 Å². The lowest BCUT2D eigenvalue weighted by Crippen LogP contribution is -2.55. The van der Waals surface area contributed by atoms with Crippen LogP contribution in [0, 0.1) is 11.6 Å². The number of hydrogen-bond acceptors (Lipinski definition) is 2. The summed E-state index contributed by atoms with van der Waals surface area (Å²) in [4.78, 5) is 12.9. The van der Waals surface area contributed by atoms with Crippen molar-refractivity contribution in [1.82, 2.24) is 10.6 Å². The summed E-state index contributed by atoms with van der Waals surface area (Å²) in [5, 5.41) is 4.03. The number of ether oxygens (including phenoxy) is 1. The predicted molar refractivity (Wildman–Crippen MR) is 122 cm³/mol. The van der Waals surface area contributed by atoms with Gasteiger partial charge >= 0.3 is 18.4 Å². The highest BCUT2D eigenvalue weighted by molar-refractivity contribution is 5.76. The second-order valence-electron chi connectivity index (χ2n) is 8.51. The van der Waals surface area contributed by atoms with Crippen LogP contribution in [0.4, 0.5) is 39.9 Å². The summed E-state index contributed by atoms with van der Waals surface area (Å²) in [6, 6.07) is 8.82. The predicted octanol–water partition coefficient (Wildman–Crippen LogP) is 6.73. The average molecular weight is 546 g/mol. The van der Waals surface area contributed by atoms with Crippen molar-refractivity contribution in [2.24, 2.45) is 0 Å². The Balaban J connectivity index is 2.32. The maximum atomic E-state index is 14.6. The Hall–Kier alpha value is -3.83. The summed E-state index contributed by atoms with van der Waals surface area (Å²) in [6.45, 7) is 0.670. The molecule has 0 aliphatic rings. The van der Waals surface area contributed by atoms with Gasteiger partial charge in [0.05, 0.1) is 18.2 Å². The van der Waals surface area contributed by atoms with Crippen LogP contribution in [0.15, 0.2) is 66.7 Å². The summed E-state index contributed by atoms with van der Waals surface area (Å²) < 4.78 is 114. The Bertz CT molecular complexity index is 1280. The first-order chi connectivity index (χ1) is 17.7. The normalized spacial score (nSPS) is 14.4. The summed E-state index contributed by atoms with van der Waals surface area (Å²) in [5.74, 6) is -2.53. The summed E-state index contributed by atoms with van der Waals surface area (Å²) in [5.41, 5.74) is -3.62. The largest absolute Gasteiger partial charge is 0.494 e. The molecule has 0 radical (unpaired) electrons. The van der Waals surface area contributed by atoms with Crippen molar-refractivity contribution in [2.75, 3.05) is 7.11 Å². The molecule has 1 unspecified atom stereocenters. The Labute approximate surface area is 212 Å². The number of amides is 2. The second-order valence-corrected chi connectivity index (χ2v) is 8.51. The summed E-state index contributed by atoms with van der Waals surface area (Å²) in [7, 11) is 1.12. The van der Waals surface area contributed by atoms with E-state index in [1.807, 2.05) is 0 Å². The van der Waals surface area contributed by atoms with E-state index in [1.54, 1.807) is 35.6 Å². The molecular formula is C26H22F8N2O2. The maximum Gasteiger partial charge on any atom is 0.416 e. The first-order valence-electron chi connectivity index (χ1n) is 11.1. The van der Waals surface area contributed by atoms with Crippen LogP contribution in [0.5, 0.6) is 5.75 Å². The van der Waals surface area contributed by atoms with E-state index in [2.05, 4.69) is 5.32 Å². The Morgan fingerprint density at radius 3 is 2.08 bits per heavy atom. The van der Waals surface area contributed by atoms with Crippen LogP contribution in [-0.4, -0.2) is 25.4 Å². The number of urea groups is 1. The van der Waals surface area contributed by atoms with Gasteiger partial charge in [-0.25, -0.2) is 13.6 Å². The van der Waals surface area contributed by atoms with Crippen LogP contribution in [-0.2, 0) is 18.1 Å². The van der Waals surface area contributed by atoms with Gasteiger partial charge in [0.1, 0.15) is 11.9 Å². The minimum Gasteiger partial charge on any atom is -0.494 e. The van der Waals surface area contributed by atoms with Gasteiger partial charge in [-0.05, 0) is 53.9 Å². The maximum absolute atomic E-state index is 14.6. The van der Waals surface area contributed by atoms with E-state index < -0.39 is 52.7 Å². The lowest BCUT2D eigenvalue weighted by atomic mass is 9.77. The number of nitrogens with one attached hydrogen (secondary N) is 2. The molecule has 0 aromatic heterocycles. The first kappa shape index (κ1) is 28.7. The molecule has 0 saturated heterocycles. The van der Waals surface area contributed by atoms with E-state index in [4.69, 9.17) is 4.74 Å². The molecule has 0 saturated carbocycles. The fraction of sp³-hybridized carbons (Fsp3) is 0.269. The number of hydrogen-bond donors (Lipinski definition) is 2. The zero-order valence-electron chi connectivity index (χ0n) is 20.0. The number of carbonyl (C=O) groups is 1. The smallest absolute Gasteiger partial charge is 0.416 e. The topological polar surface area (TPSA) is 50.4 Å². The SMILES string of the molecule is COc1cc([C@@](Cc2ccccc2)(NC(=O)NC(C)C(F)(F)F)c2cc(F)cc(C(F)(F)F)c2)ccc1F. The molecule has 204 valence electrons. The van der Waals surface area contributed by atoms with Gasteiger partial charge in [-0.2, -0.15) is 26.3 Å². The van der Waals surface area contributed by atoms with Crippen molar-refractivity contribution >= 4 is 6.03 Å². The molecule has 0 aliphatic carbocycles. The standard InChI is InChI=1S/C26H22F8N2O2/c1-15(25(29,30)31)35-23(37)36-24(14-16-6-4-3-5-7-16,17-8-9-21(28)22(13-17)38-2)18-10-19(26(32,33)34)12-20(27)11-18/h3-13,15H,14H2,1-2H3,(H2,35,36,37)/t15?,24-/m1/s1. The number of benzene rings is 3. The number of carbonyl (C=O) groups excluding carboxylic acids is 1. The van der Waals surface area contributed by atoms with E-state index in [0.29, 0.717) is 18.6 Å². The molecule has 3 aromatic carbocycles. The van der Waals surface area contributed by atoms with Gasteiger partial charge in [0.15, 0.2) is 11.6 Å². The van der Waals surface area contributed by atoms with Crippen molar-refractivity contribution in [2.45, 2.75) is 37.3 Å². The third-order valence-electron chi connectivity index (χ3n) is 5.84. The average Bonchev–Trinajstić information content (AvgIpc) is 2.83. The molecule has 0 aliphatic heterocycles. The van der Waals surface area contributed by atoms with Crippen LogP contribution >= 0.6 is 0 Å². The zero-order chi connectivity index (χ0) is 28.3. The fourth-order valence-electron chi connectivity index (χ4n) is 3.89. The third-order valence-corrected chi connectivity index (χ3v) is 5.84. The minimum absolute atomic E-state index is 0.0758. The second kappa shape index (κ2) is 10.9. The van der Waals surface area contributed by atoms with Crippen LogP contribution in [0.25, 0.3) is 0 Å². The van der Waals surface area contributed by atoms with E-state index in [1.165, 1.54) is 0 Å². The molecule has 3 rings (SSSR count). The number of rotatable bonds is 7. The molecule has 0 heterocycles. The van der Waals surface area contributed by atoms with Crippen LogP contribution < -0.4 is 15.4 Å². The Kier molecular flexibility index (Phi) is 8.23. The van der Waals surface area contributed by atoms with Crippen LogP contribution in [0.2, 0.25) is 0 Å². The molecule has 2 N–H and O–H groups in total. The molecule has 0 spiro atoms. The number of alkyl halides is 6. The monoisotopic (exact) mass is 546 g/mol. The summed E-state index contributed by atoms with van der Waals surface area (Å²) >= 11 is 0. The highest BCUT2D eigenvalue weighted by Crippen LogP contribution is 2.39. The molecule has 2 atom stereocenters. The Morgan fingerprint density at radius 1 is 0.868 bits per heavy atom. The van der Waals surface area contributed by atoms with Gasteiger partial charge in [-0.1, -0.05) is 36.4 Å². The highest BCUT2D eigenvalue weighted by Gasteiger charge is 2.42. The van der Waals surface area contributed by atoms with Gasteiger partial charge in [0, 0.05) is 6.42 Å². The molecule has 2 amide bonds. The lowest BCUT2D eigenvalue weighted by molar-refractivity contribution is -0.148. The molecular weight excluding hydrogens is 524 g/mol. The van der Waals surface area contributed by atoms with Crippen LogP contribution in [0.3, 0.4) is 0 Å².